The van der Waals surface area contributed by atoms with Crippen molar-refractivity contribution in [2.45, 2.75) is 71.1 Å². The Bertz CT molecular complexity index is 250. The Hall–Kier alpha value is -1.01. The van der Waals surface area contributed by atoms with Crippen molar-refractivity contribution >= 4 is 5.97 Å². The molecule has 0 heterocycles. The summed E-state index contributed by atoms with van der Waals surface area (Å²) in [6.07, 6.45) is 15.7. The van der Waals surface area contributed by atoms with E-state index in [0.717, 1.165) is 12.8 Å². The molecule has 0 saturated carbocycles. The van der Waals surface area contributed by atoms with Crippen molar-refractivity contribution in [2.24, 2.45) is 0 Å². The molecule has 0 aromatic rings. The fraction of sp³-hybridized carbons (Fsp3) is 0.750. The lowest BCUT2D eigenvalue weighted by molar-refractivity contribution is -0.140. The Balaban J connectivity index is 3.26. The van der Waals surface area contributed by atoms with Gasteiger partial charge in [-0.3, -0.25) is 4.79 Å². The van der Waals surface area contributed by atoms with Crippen LogP contribution in [0.25, 0.3) is 0 Å². The standard InChI is InChI=1S/C16H28O2/c1-3-4-5-6-7-8-9-10-11-12-13-14-15-16(17)18-2/h11,13H,3-10,14-15H2,1-2H3. The predicted molar refractivity (Wildman–Crippen MR) is 76.5 cm³/mol. The van der Waals surface area contributed by atoms with Crippen molar-refractivity contribution in [3.63, 3.8) is 0 Å². The Kier molecular flexibility index (Phi) is 13.3. The van der Waals surface area contributed by atoms with Gasteiger partial charge < -0.3 is 4.74 Å². The third kappa shape index (κ3) is 13.1. The number of rotatable bonds is 11. The van der Waals surface area contributed by atoms with Crippen molar-refractivity contribution in [1.82, 2.24) is 0 Å². The first-order valence-electron chi connectivity index (χ1n) is 7.27. The van der Waals surface area contributed by atoms with Crippen LogP contribution in [0.4, 0.5) is 0 Å². The zero-order chi connectivity index (χ0) is 13.5. The van der Waals surface area contributed by atoms with Gasteiger partial charge in [-0.15, -0.1) is 5.73 Å². The molecule has 2 heteroatoms. The molecule has 0 aliphatic rings. The van der Waals surface area contributed by atoms with Crippen molar-refractivity contribution in [1.29, 1.82) is 0 Å². The van der Waals surface area contributed by atoms with Crippen LogP contribution in [0.2, 0.25) is 0 Å². The van der Waals surface area contributed by atoms with E-state index in [0.29, 0.717) is 6.42 Å². The monoisotopic (exact) mass is 252 g/mol. The van der Waals surface area contributed by atoms with Gasteiger partial charge in [0.15, 0.2) is 0 Å². The lowest BCUT2D eigenvalue weighted by atomic mass is 10.1. The smallest absolute Gasteiger partial charge is 0.305 e. The molecule has 0 fully saturated rings. The van der Waals surface area contributed by atoms with Gasteiger partial charge in [0.25, 0.3) is 0 Å². The lowest BCUT2D eigenvalue weighted by Gasteiger charge is -1.98. The van der Waals surface area contributed by atoms with E-state index in [1.165, 1.54) is 52.1 Å². The summed E-state index contributed by atoms with van der Waals surface area (Å²) in [5, 5.41) is 0. The molecule has 0 saturated heterocycles. The van der Waals surface area contributed by atoms with E-state index in [-0.39, 0.29) is 5.97 Å². The van der Waals surface area contributed by atoms with E-state index in [4.69, 9.17) is 0 Å². The van der Waals surface area contributed by atoms with E-state index in [1.807, 2.05) is 6.08 Å². The van der Waals surface area contributed by atoms with E-state index >= 15 is 0 Å². The molecular weight excluding hydrogens is 224 g/mol. The van der Waals surface area contributed by atoms with Crippen LogP contribution in [0, 0.1) is 0 Å². The molecule has 18 heavy (non-hydrogen) atoms. The van der Waals surface area contributed by atoms with Gasteiger partial charge in [0.2, 0.25) is 0 Å². The molecule has 0 unspecified atom stereocenters. The Morgan fingerprint density at radius 3 is 2.28 bits per heavy atom. The molecule has 0 N–H and O–H groups in total. The van der Waals surface area contributed by atoms with Crippen LogP contribution in [0.15, 0.2) is 17.9 Å². The highest BCUT2D eigenvalue weighted by Crippen LogP contribution is 2.08. The maximum absolute atomic E-state index is 10.8. The second kappa shape index (κ2) is 14.1. The van der Waals surface area contributed by atoms with Gasteiger partial charge >= 0.3 is 5.97 Å². The summed E-state index contributed by atoms with van der Waals surface area (Å²) >= 11 is 0. The highest BCUT2D eigenvalue weighted by Gasteiger charge is 1.94. The maximum atomic E-state index is 10.8. The molecule has 0 rings (SSSR count). The summed E-state index contributed by atoms with van der Waals surface area (Å²) in [7, 11) is 1.42. The second-order valence-electron chi connectivity index (χ2n) is 4.60. The van der Waals surface area contributed by atoms with Gasteiger partial charge in [-0.1, -0.05) is 45.4 Å². The molecule has 0 radical (unpaired) electrons. The molecule has 0 aliphatic carbocycles. The normalized spacial score (nSPS) is 9.67. The highest BCUT2D eigenvalue weighted by molar-refractivity contribution is 5.69. The zero-order valence-corrected chi connectivity index (χ0v) is 12.0. The number of ether oxygens (including phenoxy) is 1. The molecule has 0 bridgehead atoms. The average molecular weight is 252 g/mol. The fourth-order valence-corrected chi connectivity index (χ4v) is 1.75. The fourth-order valence-electron chi connectivity index (χ4n) is 1.75. The molecule has 0 aromatic heterocycles. The molecule has 2 nitrogen and oxygen atoms in total. The summed E-state index contributed by atoms with van der Waals surface area (Å²) in [5.74, 6) is -0.153. The van der Waals surface area contributed by atoms with Crippen LogP contribution in [0.5, 0.6) is 0 Å². The SMILES string of the molecule is CCCCCCCCCC=C=CCCC(=O)OC. The largest absolute Gasteiger partial charge is 0.469 e. The number of allylic oxidation sites excluding steroid dienone is 1. The van der Waals surface area contributed by atoms with E-state index < -0.39 is 0 Å². The van der Waals surface area contributed by atoms with Gasteiger partial charge in [0.1, 0.15) is 0 Å². The predicted octanol–water partition coefficient (Wildman–Crippen LogP) is 4.79. The first-order chi connectivity index (χ1) is 8.81. The molecule has 0 aromatic carbocycles. The van der Waals surface area contributed by atoms with Crippen LogP contribution in [-0.2, 0) is 9.53 Å². The minimum atomic E-state index is -0.153. The van der Waals surface area contributed by atoms with Gasteiger partial charge in [0.05, 0.1) is 7.11 Å². The van der Waals surface area contributed by atoms with Gasteiger partial charge in [-0.05, 0) is 31.4 Å². The first-order valence-corrected chi connectivity index (χ1v) is 7.27. The van der Waals surface area contributed by atoms with Crippen molar-refractivity contribution in [3.8, 4) is 0 Å². The van der Waals surface area contributed by atoms with E-state index in [2.05, 4.69) is 23.5 Å². The molecular formula is C16H28O2. The van der Waals surface area contributed by atoms with Crippen molar-refractivity contribution in [2.75, 3.05) is 7.11 Å². The third-order valence-electron chi connectivity index (χ3n) is 2.91. The molecule has 0 amide bonds. The van der Waals surface area contributed by atoms with Crippen LogP contribution in [0.1, 0.15) is 71.1 Å². The summed E-state index contributed by atoms with van der Waals surface area (Å²) in [5.41, 5.74) is 3.12. The van der Waals surface area contributed by atoms with Crippen molar-refractivity contribution in [3.05, 3.63) is 17.9 Å². The quantitative estimate of drug-likeness (QED) is 0.300. The Morgan fingerprint density at radius 1 is 1.00 bits per heavy atom. The van der Waals surface area contributed by atoms with Gasteiger partial charge in [-0.2, -0.15) is 0 Å². The number of carbonyl (C=O) groups excluding carboxylic acids is 1. The topological polar surface area (TPSA) is 26.3 Å². The first kappa shape index (κ1) is 17.0. The number of carbonyl (C=O) groups is 1. The van der Waals surface area contributed by atoms with E-state index in [9.17, 15) is 4.79 Å². The minimum Gasteiger partial charge on any atom is -0.469 e. The second-order valence-corrected chi connectivity index (χ2v) is 4.60. The summed E-state index contributed by atoms with van der Waals surface area (Å²) in [4.78, 5) is 10.8. The average Bonchev–Trinajstić information content (AvgIpc) is 2.39. The van der Waals surface area contributed by atoms with Gasteiger partial charge in [-0.25, -0.2) is 0 Å². The zero-order valence-electron chi connectivity index (χ0n) is 12.0. The van der Waals surface area contributed by atoms with Gasteiger partial charge in [0, 0.05) is 6.42 Å². The third-order valence-corrected chi connectivity index (χ3v) is 2.91. The van der Waals surface area contributed by atoms with Crippen LogP contribution < -0.4 is 0 Å². The number of hydrogen-bond donors (Lipinski definition) is 0. The lowest BCUT2D eigenvalue weighted by Crippen LogP contribution is -1.97. The highest BCUT2D eigenvalue weighted by atomic mass is 16.5. The maximum Gasteiger partial charge on any atom is 0.305 e. The van der Waals surface area contributed by atoms with Crippen LogP contribution in [0.3, 0.4) is 0 Å². The molecule has 0 atom stereocenters. The number of methoxy groups -OCH3 is 1. The Morgan fingerprint density at radius 2 is 1.61 bits per heavy atom. The summed E-state index contributed by atoms with van der Waals surface area (Å²) < 4.78 is 4.55. The van der Waals surface area contributed by atoms with Crippen molar-refractivity contribution < 1.29 is 9.53 Å². The van der Waals surface area contributed by atoms with E-state index in [1.54, 1.807) is 0 Å². The van der Waals surface area contributed by atoms with Crippen LogP contribution in [-0.4, -0.2) is 13.1 Å². The molecule has 104 valence electrons. The number of esters is 1. The van der Waals surface area contributed by atoms with Crippen LogP contribution >= 0.6 is 0 Å². The summed E-state index contributed by atoms with van der Waals surface area (Å²) in [6, 6.07) is 0. The molecule has 0 spiro atoms. The Labute approximate surface area is 112 Å². The minimum absolute atomic E-state index is 0.153. The number of unbranched alkanes of at least 4 members (excludes halogenated alkanes) is 7. The summed E-state index contributed by atoms with van der Waals surface area (Å²) in [6.45, 7) is 2.25. The molecule has 0 aliphatic heterocycles. The number of hydrogen-bond acceptors (Lipinski definition) is 2.